The van der Waals surface area contributed by atoms with Crippen LogP contribution in [0.25, 0.3) is 10.9 Å². The Balaban J connectivity index is 2.50. The van der Waals surface area contributed by atoms with Crippen molar-refractivity contribution >= 4 is 34.3 Å². The van der Waals surface area contributed by atoms with Crippen molar-refractivity contribution in [3.05, 3.63) is 46.2 Å². The van der Waals surface area contributed by atoms with E-state index in [1.54, 1.807) is 17.7 Å². The Morgan fingerprint density at radius 3 is 3.00 bits per heavy atom. The fourth-order valence-electron chi connectivity index (χ4n) is 1.49. The zero-order chi connectivity index (χ0) is 12.3. The molecule has 0 fully saturated rings. The molecule has 5 heteroatoms. The molecule has 0 amide bonds. The molecular formula is C12H11ClN2OS. The summed E-state index contributed by atoms with van der Waals surface area (Å²) in [6, 6.07) is 7.35. The summed E-state index contributed by atoms with van der Waals surface area (Å²) in [5.41, 5.74) is 2.17. The van der Waals surface area contributed by atoms with Crippen LogP contribution in [0.1, 0.15) is 0 Å². The van der Waals surface area contributed by atoms with Crippen molar-refractivity contribution in [2.75, 3.05) is 5.75 Å². The van der Waals surface area contributed by atoms with E-state index in [2.05, 4.69) is 4.98 Å². The lowest BCUT2D eigenvalue weighted by Gasteiger charge is -2.07. The molecular weight excluding hydrogens is 256 g/mol. The molecule has 0 aliphatic carbocycles. The van der Waals surface area contributed by atoms with Gasteiger partial charge in [0, 0.05) is 18.3 Å². The first-order chi connectivity index (χ1) is 8.24. The molecule has 0 spiro atoms. The third kappa shape index (κ3) is 2.53. The van der Waals surface area contributed by atoms with Gasteiger partial charge in [-0.25, -0.2) is 4.98 Å². The third-order valence-electron chi connectivity index (χ3n) is 2.34. The average molecular weight is 267 g/mol. The number of aromatic nitrogens is 2. The van der Waals surface area contributed by atoms with Crippen molar-refractivity contribution in [2.24, 2.45) is 7.05 Å². The van der Waals surface area contributed by atoms with Crippen LogP contribution in [-0.2, 0) is 7.05 Å². The second-order valence-electron chi connectivity index (χ2n) is 3.45. The van der Waals surface area contributed by atoms with Crippen LogP contribution in [0.15, 0.2) is 45.8 Å². The van der Waals surface area contributed by atoms with Gasteiger partial charge in [-0.15, -0.1) is 0 Å². The monoisotopic (exact) mass is 266 g/mol. The molecule has 0 bridgehead atoms. The van der Waals surface area contributed by atoms with Crippen molar-refractivity contribution in [1.82, 2.24) is 9.55 Å². The van der Waals surface area contributed by atoms with Crippen molar-refractivity contribution in [3.63, 3.8) is 0 Å². The first-order valence-corrected chi connectivity index (χ1v) is 6.50. The number of para-hydroxylation sites is 1. The highest BCUT2D eigenvalue weighted by molar-refractivity contribution is 7.99. The van der Waals surface area contributed by atoms with Gasteiger partial charge in [0.1, 0.15) is 0 Å². The van der Waals surface area contributed by atoms with E-state index < -0.39 is 0 Å². The highest BCUT2D eigenvalue weighted by Gasteiger charge is 2.06. The summed E-state index contributed by atoms with van der Waals surface area (Å²) in [6.07, 6.45) is 1.81. The van der Waals surface area contributed by atoms with E-state index >= 15 is 0 Å². The Morgan fingerprint density at radius 2 is 2.24 bits per heavy atom. The van der Waals surface area contributed by atoms with Gasteiger partial charge in [-0.1, -0.05) is 41.6 Å². The van der Waals surface area contributed by atoms with Crippen molar-refractivity contribution in [1.29, 1.82) is 0 Å². The highest BCUT2D eigenvalue weighted by atomic mass is 35.5. The molecule has 1 heterocycles. The lowest BCUT2D eigenvalue weighted by atomic mass is 10.2. The Morgan fingerprint density at radius 1 is 1.47 bits per heavy atom. The van der Waals surface area contributed by atoms with Crippen LogP contribution < -0.4 is 5.56 Å². The third-order valence-corrected chi connectivity index (χ3v) is 3.50. The van der Waals surface area contributed by atoms with E-state index in [1.165, 1.54) is 17.3 Å². The van der Waals surface area contributed by atoms with E-state index in [9.17, 15) is 4.79 Å². The van der Waals surface area contributed by atoms with Gasteiger partial charge in [-0.05, 0) is 12.1 Å². The number of hydrogen-bond acceptors (Lipinski definition) is 3. The van der Waals surface area contributed by atoms with Crippen LogP contribution in [0.2, 0.25) is 0 Å². The maximum atomic E-state index is 12.0. The minimum absolute atomic E-state index is 0.0204. The Labute approximate surface area is 108 Å². The van der Waals surface area contributed by atoms with Gasteiger partial charge in [0.05, 0.1) is 10.9 Å². The first kappa shape index (κ1) is 12.2. The van der Waals surface area contributed by atoms with Gasteiger partial charge in [0.25, 0.3) is 5.56 Å². The van der Waals surface area contributed by atoms with E-state index in [1.807, 2.05) is 24.3 Å². The van der Waals surface area contributed by atoms with E-state index in [0.717, 1.165) is 5.52 Å². The zero-order valence-electron chi connectivity index (χ0n) is 9.26. The molecule has 1 aromatic carbocycles. The summed E-state index contributed by atoms with van der Waals surface area (Å²) in [6.45, 7) is 0. The maximum absolute atomic E-state index is 12.0. The number of hydrogen-bond donors (Lipinski definition) is 0. The Hall–Kier alpha value is -1.26. The van der Waals surface area contributed by atoms with Crippen LogP contribution in [0.4, 0.5) is 0 Å². The normalized spacial score (nSPS) is 11.4. The lowest BCUT2D eigenvalue weighted by molar-refractivity contribution is 0.727. The number of benzene rings is 1. The van der Waals surface area contributed by atoms with Gasteiger partial charge in [0.15, 0.2) is 5.16 Å². The largest absolute Gasteiger partial charge is 0.290 e. The maximum Gasteiger partial charge on any atom is 0.261 e. The first-order valence-electron chi connectivity index (χ1n) is 5.08. The summed E-state index contributed by atoms with van der Waals surface area (Å²) < 4.78 is 1.56. The molecule has 17 heavy (non-hydrogen) atoms. The van der Waals surface area contributed by atoms with Gasteiger partial charge in [0.2, 0.25) is 0 Å². The van der Waals surface area contributed by atoms with Crippen LogP contribution in [0.5, 0.6) is 0 Å². The topological polar surface area (TPSA) is 34.9 Å². The number of rotatable bonds is 3. The van der Waals surface area contributed by atoms with Crippen molar-refractivity contribution in [2.45, 2.75) is 5.16 Å². The Bertz CT molecular complexity index is 621. The second kappa shape index (κ2) is 5.38. The number of fused-ring (bicyclic) bond motifs is 1. The van der Waals surface area contributed by atoms with Crippen molar-refractivity contribution < 1.29 is 0 Å². The predicted octanol–water partition coefficient (Wildman–Crippen LogP) is 2.78. The molecule has 0 atom stereocenters. The average Bonchev–Trinajstić information content (AvgIpc) is 2.35. The molecule has 88 valence electrons. The molecule has 0 unspecified atom stereocenters. The summed E-state index contributed by atoms with van der Waals surface area (Å²) in [7, 11) is 1.73. The summed E-state index contributed by atoms with van der Waals surface area (Å²) in [5, 5.41) is 1.34. The molecule has 0 saturated heterocycles. The fourth-order valence-corrected chi connectivity index (χ4v) is 2.46. The van der Waals surface area contributed by atoms with Crippen LogP contribution in [0, 0.1) is 0 Å². The van der Waals surface area contributed by atoms with E-state index in [-0.39, 0.29) is 5.56 Å². The Kier molecular flexibility index (Phi) is 3.86. The van der Waals surface area contributed by atoms with Crippen LogP contribution in [-0.4, -0.2) is 15.3 Å². The zero-order valence-corrected chi connectivity index (χ0v) is 10.8. The summed E-state index contributed by atoms with van der Waals surface area (Å²) in [4.78, 5) is 16.5. The van der Waals surface area contributed by atoms with E-state index in [4.69, 9.17) is 11.6 Å². The predicted molar refractivity (Wildman–Crippen MR) is 72.7 cm³/mol. The number of halogens is 1. The van der Waals surface area contributed by atoms with Crippen LogP contribution >= 0.6 is 23.4 Å². The minimum Gasteiger partial charge on any atom is -0.290 e. The molecule has 0 radical (unpaired) electrons. The van der Waals surface area contributed by atoms with Gasteiger partial charge < -0.3 is 0 Å². The SMILES string of the molecule is Cn1c(SC/C=C/Cl)nc2ccccc2c1=O. The standard InChI is InChI=1S/C12H11ClN2OS/c1-15-11(16)9-5-2-3-6-10(9)14-12(15)17-8-4-7-13/h2-7H,8H2,1H3/b7-4+. The molecule has 1 aromatic heterocycles. The van der Waals surface area contributed by atoms with E-state index in [0.29, 0.717) is 16.3 Å². The van der Waals surface area contributed by atoms with Gasteiger partial charge >= 0.3 is 0 Å². The second-order valence-corrected chi connectivity index (χ2v) is 4.69. The van der Waals surface area contributed by atoms with Crippen LogP contribution in [0.3, 0.4) is 0 Å². The van der Waals surface area contributed by atoms with Crippen molar-refractivity contribution in [3.8, 4) is 0 Å². The lowest BCUT2D eigenvalue weighted by Crippen LogP contribution is -2.19. The molecule has 0 saturated carbocycles. The van der Waals surface area contributed by atoms with Gasteiger partial charge in [-0.2, -0.15) is 0 Å². The molecule has 0 aliphatic rings. The minimum atomic E-state index is -0.0204. The summed E-state index contributed by atoms with van der Waals surface area (Å²) in [5.74, 6) is 0.697. The quantitative estimate of drug-likeness (QED) is 0.633. The molecule has 2 aromatic rings. The number of thioether (sulfide) groups is 1. The smallest absolute Gasteiger partial charge is 0.261 e. The fraction of sp³-hybridized carbons (Fsp3) is 0.167. The number of nitrogens with zero attached hydrogens (tertiary/aromatic N) is 2. The summed E-state index contributed by atoms with van der Waals surface area (Å²) >= 11 is 6.93. The molecule has 2 rings (SSSR count). The highest BCUT2D eigenvalue weighted by Crippen LogP contribution is 2.16. The molecule has 0 N–H and O–H groups in total. The van der Waals surface area contributed by atoms with Gasteiger partial charge in [-0.3, -0.25) is 9.36 Å². The molecule has 0 aliphatic heterocycles. The molecule has 3 nitrogen and oxygen atoms in total.